The number of ether oxygens (including phenoxy) is 1. The minimum absolute atomic E-state index is 0.209. The van der Waals surface area contributed by atoms with Crippen LogP contribution in [0, 0.1) is 5.82 Å². The molecule has 190 valence electrons. The van der Waals surface area contributed by atoms with Crippen molar-refractivity contribution in [2.24, 2.45) is 9.98 Å². The number of anilines is 1. The summed E-state index contributed by atoms with van der Waals surface area (Å²) < 4.78 is 20.2. The maximum Gasteiger partial charge on any atom is 0.414 e. The summed E-state index contributed by atoms with van der Waals surface area (Å²) in [6, 6.07) is 12.1. The normalized spacial score (nSPS) is 17.8. The van der Waals surface area contributed by atoms with Gasteiger partial charge >= 0.3 is 6.09 Å². The van der Waals surface area contributed by atoms with Crippen molar-refractivity contribution in [3.8, 4) is 11.1 Å². The standard InChI is InChI=1S/C25H28FN5O4S/c1-16(32)30-13-21-14-31(25(34)35-21)19-6-7-22(23(26)10-19)18-4-2-17(3-5-18)11-27-12-20(33)15-36-24-28-8-9-29-24/h2-8,10,20-21,27,33H,9,11-15H2,1H3,(H,30,32)/t20-,21-/m0/s1. The summed E-state index contributed by atoms with van der Waals surface area (Å²) in [6.07, 6.45) is 0.168. The second kappa shape index (κ2) is 12.1. The second-order valence-corrected chi connectivity index (χ2v) is 9.43. The Kier molecular flexibility index (Phi) is 8.68. The van der Waals surface area contributed by atoms with Crippen molar-refractivity contribution in [3.63, 3.8) is 0 Å². The summed E-state index contributed by atoms with van der Waals surface area (Å²) in [6.45, 7) is 3.44. The first kappa shape index (κ1) is 25.8. The zero-order valence-corrected chi connectivity index (χ0v) is 20.6. The van der Waals surface area contributed by atoms with Crippen molar-refractivity contribution < 1.29 is 23.8 Å². The minimum Gasteiger partial charge on any atom is -0.442 e. The van der Waals surface area contributed by atoms with Crippen molar-refractivity contribution >= 4 is 40.8 Å². The van der Waals surface area contributed by atoms with E-state index < -0.39 is 24.1 Å². The molecule has 2 aliphatic rings. The average molecular weight is 514 g/mol. The number of carbonyl (C=O) groups excluding carboxylic acids is 2. The van der Waals surface area contributed by atoms with Crippen LogP contribution in [0.5, 0.6) is 0 Å². The molecule has 2 aromatic rings. The van der Waals surface area contributed by atoms with Gasteiger partial charge in [0.25, 0.3) is 0 Å². The van der Waals surface area contributed by atoms with Gasteiger partial charge in [-0.05, 0) is 29.3 Å². The zero-order chi connectivity index (χ0) is 25.5. The number of rotatable bonds is 10. The highest BCUT2D eigenvalue weighted by Crippen LogP contribution is 2.29. The largest absolute Gasteiger partial charge is 0.442 e. The van der Waals surface area contributed by atoms with Gasteiger partial charge in [-0.3, -0.25) is 14.7 Å². The van der Waals surface area contributed by atoms with Crippen LogP contribution in [-0.2, 0) is 16.1 Å². The van der Waals surface area contributed by atoms with Crippen LogP contribution < -0.4 is 15.5 Å². The number of aliphatic hydroxyl groups is 1. The highest BCUT2D eigenvalue weighted by Gasteiger charge is 2.32. The van der Waals surface area contributed by atoms with E-state index in [-0.39, 0.29) is 19.0 Å². The lowest BCUT2D eigenvalue weighted by atomic mass is 10.0. The summed E-state index contributed by atoms with van der Waals surface area (Å²) in [5.74, 6) is -0.143. The van der Waals surface area contributed by atoms with Crippen LogP contribution in [-0.4, -0.2) is 72.6 Å². The Morgan fingerprint density at radius 3 is 2.81 bits per heavy atom. The van der Waals surface area contributed by atoms with E-state index in [0.717, 1.165) is 5.56 Å². The Bertz CT molecular complexity index is 1160. The number of aliphatic hydroxyl groups excluding tert-OH is 1. The molecule has 0 bridgehead atoms. The number of carbonyl (C=O) groups is 2. The third kappa shape index (κ3) is 6.90. The molecule has 0 aromatic heterocycles. The fourth-order valence-corrected chi connectivity index (χ4v) is 4.55. The quantitative estimate of drug-likeness (QED) is 0.450. The number of amides is 2. The first-order chi connectivity index (χ1) is 17.4. The van der Waals surface area contributed by atoms with E-state index in [9.17, 15) is 19.1 Å². The fraction of sp³-hybridized carbons (Fsp3) is 0.360. The topological polar surface area (TPSA) is 116 Å². The van der Waals surface area contributed by atoms with Crippen molar-refractivity contribution in [1.29, 1.82) is 0 Å². The predicted octanol–water partition coefficient (Wildman–Crippen LogP) is 2.58. The number of amidine groups is 1. The van der Waals surface area contributed by atoms with Crippen molar-refractivity contribution in [1.82, 2.24) is 10.6 Å². The Morgan fingerprint density at radius 2 is 2.11 bits per heavy atom. The van der Waals surface area contributed by atoms with Crippen LogP contribution in [0.15, 0.2) is 52.4 Å². The van der Waals surface area contributed by atoms with Crippen molar-refractivity contribution in [2.75, 3.05) is 36.8 Å². The summed E-state index contributed by atoms with van der Waals surface area (Å²) in [5, 5.41) is 16.7. The van der Waals surface area contributed by atoms with E-state index in [0.29, 0.717) is 47.4 Å². The van der Waals surface area contributed by atoms with Gasteiger partial charge in [0.1, 0.15) is 11.9 Å². The SMILES string of the molecule is CC(=O)NC[C@H]1CN(c2ccc(-c3ccc(CNC[C@H](O)CSC4=NCC=N4)cc3)c(F)c2)C(=O)O1. The van der Waals surface area contributed by atoms with Crippen LogP contribution in [0.1, 0.15) is 12.5 Å². The lowest BCUT2D eigenvalue weighted by Gasteiger charge is -2.15. The summed E-state index contributed by atoms with van der Waals surface area (Å²) in [4.78, 5) is 32.9. The van der Waals surface area contributed by atoms with Gasteiger partial charge in [-0.2, -0.15) is 0 Å². The lowest BCUT2D eigenvalue weighted by Crippen LogP contribution is -2.33. The molecule has 2 aliphatic heterocycles. The lowest BCUT2D eigenvalue weighted by molar-refractivity contribution is -0.119. The fourth-order valence-electron chi connectivity index (χ4n) is 3.78. The molecule has 0 saturated carbocycles. The number of benzene rings is 2. The minimum atomic E-state index is -0.570. The van der Waals surface area contributed by atoms with E-state index in [1.54, 1.807) is 18.3 Å². The van der Waals surface area contributed by atoms with Crippen LogP contribution in [0.25, 0.3) is 11.1 Å². The molecule has 1 fully saturated rings. The van der Waals surface area contributed by atoms with Crippen molar-refractivity contribution in [3.05, 3.63) is 53.8 Å². The van der Waals surface area contributed by atoms with Crippen LogP contribution in [0.4, 0.5) is 14.9 Å². The third-order valence-electron chi connectivity index (χ3n) is 5.61. The predicted molar refractivity (Wildman–Crippen MR) is 139 cm³/mol. The highest BCUT2D eigenvalue weighted by molar-refractivity contribution is 8.13. The molecule has 36 heavy (non-hydrogen) atoms. The molecule has 2 atom stereocenters. The van der Waals surface area contributed by atoms with Crippen molar-refractivity contribution in [2.45, 2.75) is 25.7 Å². The first-order valence-electron chi connectivity index (χ1n) is 11.6. The molecule has 2 heterocycles. The van der Waals surface area contributed by atoms with Gasteiger partial charge in [0.15, 0.2) is 5.17 Å². The molecular formula is C25H28FN5O4S. The van der Waals surface area contributed by atoms with Gasteiger partial charge < -0.3 is 20.5 Å². The number of halogens is 1. The third-order valence-corrected chi connectivity index (χ3v) is 6.65. The van der Waals surface area contributed by atoms with Gasteiger partial charge in [-0.25, -0.2) is 14.2 Å². The monoisotopic (exact) mass is 513 g/mol. The van der Waals surface area contributed by atoms with Gasteiger partial charge in [-0.1, -0.05) is 36.0 Å². The molecular weight excluding hydrogens is 485 g/mol. The smallest absolute Gasteiger partial charge is 0.414 e. The molecule has 11 heteroatoms. The number of hydrogen-bond donors (Lipinski definition) is 3. The number of thioether (sulfide) groups is 1. The molecule has 0 spiro atoms. The molecule has 0 unspecified atom stereocenters. The van der Waals surface area contributed by atoms with Crippen LogP contribution in [0.3, 0.4) is 0 Å². The second-order valence-electron chi connectivity index (χ2n) is 8.45. The van der Waals surface area contributed by atoms with E-state index in [1.165, 1.54) is 29.7 Å². The van der Waals surface area contributed by atoms with Crippen LogP contribution >= 0.6 is 11.8 Å². The van der Waals surface area contributed by atoms with Gasteiger partial charge in [0.2, 0.25) is 5.91 Å². The Morgan fingerprint density at radius 1 is 1.31 bits per heavy atom. The Hall–Kier alpha value is -3.28. The van der Waals surface area contributed by atoms with E-state index >= 15 is 0 Å². The van der Waals surface area contributed by atoms with E-state index in [2.05, 4.69) is 20.6 Å². The van der Waals surface area contributed by atoms with E-state index in [1.807, 2.05) is 24.3 Å². The molecule has 2 amide bonds. The number of cyclic esters (lactones) is 1. The maximum atomic E-state index is 14.9. The average Bonchev–Trinajstić information content (AvgIpc) is 3.51. The van der Waals surface area contributed by atoms with E-state index in [4.69, 9.17) is 4.74 Å². The number of aliphatic imine (C=N–C) groups is 2. The summed E-state index contributed by atoms with van der Waals surface area (Å²) in [5.41, 5.74) is 2.54. The van der Waals surface area contributed by atoms with Gasteiger partial charge in [0, 0.05) is 37.5 Å². The van der Waals surface area contributed by atoms with Crippen LogP contribution in [0.2, 0.25) is 0 Å². The number of nitrogens with zero attached hydrogens (tertiary/aromatic N) is 3. The molecule has 0 radical (unpaired) electrons. The Balaban J connectivity index is 1.28. The molecule has 2 aromatic carbocycles. The first-order valence-corrected chi connectivity index (χ1v) is 12.6. The zero-order valence-electron chi connectivity index (χ0n) is 19.8. The molecule has 4 rings (SSSR count). The number of hydrogen-bond acceptors (Lipinski definition) is 8. The molecule has 0 aliphatic carbocycles. The summed E-state index contributed by atoms with van der Waals surface area (Å²) in [7, 11) is 0. The highest BCUT2D eigenvalue weighted by atomic mass is 32.2. The Labute approximate surface area is 212 Å². The molecule has 3 N–H and O–H groups in total. The maximum absolute atomic E-state index is 14.9. The molecule has 9 nitrogen and oxygen atoms in total. The van der Waals surface area contributed by atoms with Gasteiger partial charge in [-0.15, -0.1) is 0 Å². The molecule has 1 saturated heterocycles. The van der Waals surface area contributed by atoms with Gasteiger partial charge in [0.05, 0.1) is 31.4 Å². The summed E-state index contributed by atoms with van der Waals surface area (Å²) >= 11 is 1.43. The number of nitrogens with one attached hydrogen (secondary N) is 2.